The summed E-state index contributed by atoms with van der Waals surface area (Å²) in [4.78, 5) is 27.7. The maximum atomic E-state index is 13.2. The number of carbonyl (C=O) groups excluding carboxylic acids is 2. The van der Waals surface area contributed by atoms with Crippen molar-refractivity contribution in [3.63, 3.8) is 0 Å². The molecule has 0 spiro atoms. The van der Waals surface area contributed by atoms with Gasteiger partial charge >= 0.3 is 0 Å². The Labute approximate surface area is 209 Å². The normalized spacial score (nSPS) is 14.9. The molecule has 8 heteroatoms. The average molecular weight is 514 g/mol. The molecule has 1 aliphatic rings. The van der Waals surface area contributed by atoms with E-state index >= 15 is 0 Å². The van der Waals surface area contributed by atoms with Crippen LogP contribution in [0, 0.1) is 0 Å². The highest BCUT2D eigenvalue weighted by atomic mass is 35.5. The second kappa shape index (κ2) is 12.2. The molecule has 32 heavy (non-hydrogen) atoms. The van der Waals surface area contributed by atoms with E-state index in [1.54, 1.807) is 30.0 Å². The van der Waals surface area contributed by atoms with Crippen molar-refractivity contribution in [2.24, 2.45) is 0 Å². The van der Waals surface area contributed by atoms with E-state index in [4.69, 9.17) is 34.8 Å². The zero-order valence-corrected chi connectivity index (χ0v) is 21.0. The molecule has 1 N–H and O–H groups in total. The van der Waals surface area contributed by atoms with Crippen LogP contribution in [-0.4, -0.2) is 34.6 Å². The number of nitrogens with zero attached hydrogens (tertiary/aromatic N) is 1. The van der Waals surface area contributed by atoms with Crippen molar-refractivity contribution < 1.29 is 9.59 Å². The van der Waals surface area contributed by atoms with Gasteiger partial charge in [-0.05, 0) is 55.2 Å². The van der Waals surface area contributed by atoms with Gasteiger partial charge in [0.15, 0.2) is 0 Å². The fourth-order valence-corrected chi connectivity index (χ4v) is 5.31. The van der Waals surface area contributed by atoms with Crippen molar-refractivity contribution in [2.75, 3.05) is 5.75 Å². The van der Waals surface area contributed by atoms with Gasteiger partial charge in [0.2, 0.25) is 11.8 Å². The van der Waals surface area contributed by atoms with Crippen molar-refractivity contribution in [2.45, 2.75) is 57.0 Å². The molecule has 2 aromatic carbocycles. The van der Waals surface area contributed by atoms with Crippen LogP contribution < -0.4 is 5.32 Å². The molecule has 0 aromatic heterocycles. The van der Waals surface area contributed by atoms with Crippen LogP contribution in [0.3, 0.4) is 0 Å². The predicted octanol–water partition coefficient (Wildman–Crippen LogP) is 6.36. The van der Waals surface area contributed by atoms with Gasteiger partial charge in [-0.2, -0.15) is 0 Å². The second-order valence-electron chi connectivity index (χ2n) is 8.05. The first-order chi connectivity index (χ1) is 15.3. The highest BCUT2D eigenvalue weighted by Crippen LogP contribution is 2.25. The van der Waals surface area contributed by atoms with Crippen LogP contribution >= 0.6 is 46.6 Å². The van der Waals surface area contributed by atoms with Gasteiger partial charge in [0, 0.05) is 33.4 Å². The van der Waals surface area contributed by atoms with Crippen molar-refractivity contribution in [3.8, 4) is 0 Å². The van der Waals surface area contributed by atoms with E-state index in [0.717, 1.165) is 36.8 Å². The lowest BCUT2D eigenvalue weighted by Gasteiger charge is -2.30. The molecule has 2 aromatic rings. The number of hydrogen-bond donors (Lipinski definition) is 1. The first kappa shape index (κ1) is 25.2. The van der Waals surface area contributed by atoms with Gasteiger partial charge in [-0.15, -0.1) is 11.8 Å². The topological polar surface area (TPSA) is 49.4 Å². The summed E-state index contributed by atoms with van der Waals surface area (Å²) in [5.41, 5.74) is 1.80. The zero-order valence-electron chi connectivity index (χ0n) is 18.0. The molecule has 1 saturated carbocycles. The lowest BCUT2D eigenvalue weighted by molar-refractivity contribution is -0.138. The van der Waals surface area contributed by atoms with E-state index in [0.29, 0.717) is 20.8 Å². The highest BCUT2D eigenvalue weighted by Gasteiger charge is 2.28. The van der Waals surface area contributed by atoms with Gasteiger partial charge in [0.25, 0.3) is 0 Å². The summed E-state index contributed by atoms with van der Waals surface area (Å²) in [5.74, 6) is 0.663. The summed E-state index contributed by atoms with van der Waals surface area (Å²) in [6.07, 6.45) is 4.24. The largest absolute Gasteiger partial charge is 0.352 e. The summed E-state index contributed by atoms with van der Waals surface area (Å²) in [6.45, 7) is 2.01. The molecule has 4 nitrogen and oxygen atoms in total. The average Bonchev–Trinajstić information content (AvgIpc) is 3.25. The van der Waals surface area contributed by atoms with Crippen molar-refractivity contribution in [1.82, 2.24) is 10.2 Å². The minimum Gasteiger partial charge on any atom is -0.352 e. The fourth-order valence-electron chi connectivity index (χ4n) is 3.77. The third kappa shape index (κ3) is 7.31. The summed E-state index contributed by atoms with van der Waals surface area (Å²) < 4.78 is 0. The lowest BCUT2D eigenvalue weighted by atomic mass is 10.1. The Bertz CT molecular complexity index is 951. The molecule has 0 radical (unpaired) electrons. The Hall–Kier alpha value is -1.40. The number of amides is 2. The number of thioether (sulfide) groups is 1. The Morgan fingerprint density at radius 1 is 1.09 bits per heavy atom. The van der Waals surface area contributed by atoms with Crippen LogP contribution in [0.15, 0.2) is 42.5 Å². The quantitative estimate of drug-likeness (QED) is 0.425. The Morgan fingerprint density at radius 3 is 2.50 bits per heavy atom. The highest BCUT2D eigenvalue weighted by molar-refractivity contribution is 7.99. The van der Waals surface area contributed by atoms with Crippen molar-refractivity contribution in [1.29, 1.82) is 0 Å². The number of carbonyl (C=O) groups is 2. The minimum atomic E-state index is -0.610. The number of hydrogen-bond acceptors (Lipinski definition) is 3. The lowest BCUT2D eigenvalue weighted by Crippen LogP contribution is -2.50. The number of halogens is 3. The molecule has 0 heterocycles. The molecule has 0 aliphatic heterocycles. The number of benzene rings is 2. The van der Waals surface area contributed by atoms with Crippen LogP contribution in [0.1, 0.15) is 43.7 Å². The minimum absolute atomic E-state index is 0.114. The molecule has 1 atom stereocenters. The molecular formula is C24H27Cl3N2O2S. The van der Waals surface area contributed by atoms with E-state index in [9.17, 15) is 9.59 Å². The molecule has 172 valence electrons. The van der Waals surface area contributed by atoms with Gasteiger partial charge in [0.05, 0.1) is 5.75 Å². The van der Waals surface area contributed by atoms with Gasteiger partial charge in [-0.25, -0.2) is 0 Å². The SMILES string of the molecule is CC(C(=O)NC1CCCC1)N(Cc1ccc(Cl)cc1Cl)C(=O)CSCc1cccc(Cl)c1. The van der Waals surface area contributed by atoms with Gasteiger partial charge in [-0.3, -0.25) is 9.59 Å². The smallest absolute Gasteiger partial charge is 0.242 e. The van der Waals surface area contributed by atoms with Crippen molar-refractivity contribution in [3.05, 3.63) is 68.7 Å². The Balaban J connectivity index is 1.69. The Morgan fingerprint density at radius 2 is 1.81 bits per heavy atom. The molecule has 1 aliphatic carbocycles. The van der Waals surface area contributed by atoms with Crippen molar-refractivity contribution >= 4 is 58.4 Å². The van der Waals surface area contributed by atoms with Crippen LogP contribution in [0.2, 0.25) is 15.1 Å². The summed E-state index contributed by atoms with van der Waals surface area (Å²) in [5, 5.41) is 4.78. The molecule has 1 fully saturated rings. The first-order valence-corrected chi connectivity index (χ1v) is 13.0. The summed E-state index contributed by atoms with van der Waals surface area (Å²) in [6, 6.07) is 12.4. The number of nitrogens with one attached hydrogen (secondary N) is 1. The molecule has 0 bridgehead atoms. The molecule has 3 rings (SSSR count). The van der Waals surface area contributed by atoms with Crippen LogP contribution in [0.25, 0.3) is 0 Å². The molecular weight excluding hydrogens is 487 g/mol. The Kier molecular flexibility index (Phi) is 9.60. The zero-order chi connectivity index (χ0) is 23.1. The standard InChI is InChI=1S/C24H27Cl3N2O2S/c1-16(24(31)28-21-7-2-3-8-21)29(13-18-9-10-20(26)12-22(18)27)23(30)15-32-14-17-5-4-6-19(25)11-17/h4-6,9-12,16,21H,2-3,7-8,13-15H2,1H3,(H,28,31). The van der Waals surface area contributed by atoms with Gasteiger partial charge in [0.1, 0.15) is 6.04 Å². The van der Waals surface area contributed by atoms with E-state index in [2.05, 4.69) is 5.32 Å². The monoisotopic (exact) mass is 512 g/mol. The number of rotatable bonds is 9. The van der Waals surface area contributed by atoms with E-state index in [1.807, 2.05) is 24.3 Å². The predicted molar refractivity (Wildman–Crippen MR) is 134 cm³/mol. The van der Waals surface area contributed by atoms with E-state index < -0.39 is 6.04 Å². The van der Waals surface area contributed by atoms with Gasteiger partial charge < -0.3 is 10.2 Å². The molecule has 1 unspecified atom stereocenters. The van der Waals surface area contributed by atoms with Gasteiger partial charge in [-0.1, -0.05) is 65.8 Å². The van der Waals surface area contributed by atoms with E-state index in [-0.39, 0.29) is 30.2 Å². The molecule has 0 saturated heterocycles. The maximum absolute atomic E-state index is 13.2. The van der Waals surface area contributed by atoms with Crippen LogP contribution in [0.4, 0.5) is 0 Å². The molecule has 2 amide bonds. The fraction of sp³-hybridized carbons (Fsp3) is 0.417. The maximum Gasteiger partial charge on any atom is 0.242 e. The summed E-state index contributed by atoms with van der Waals surface area (Å²) >= 11 is 19.9. The first-order valence-electron chi connectivity index (χ1n) is 10.7. The third-order valence-electron chi connectivity index (χ3n) is 5.61. The van der Waals surface area contributed by atoms with E-state index in [1.165, 1.54) is 11.8 Å². The summed E-state index contributed by atoms with van der Waals surface area (Å²) in [7, 11) is 0. The third-order valence-corrected chi connectivity index (χ3v) is 7.42. The van der Waals surface area contributed by atoms with Crippen LogP contribution in [0.5, 0.6) is 0 Å². The second-order valence-corrected chi connectivity index (χ2v) is 10.3. The van der Waals surface area contributed by atoms with Crippen LogP contribution in [-0.2, 0) is 21.9 Å².